The molecule has 0 aromatic rings. The quantitative estimate of drug-likeness (QED) is 0.784. The SMILES string of the molecule is CCC1CCCCN1CC(=O)N1CCCCCCC1. The molecule has 110 valence electrons. The van der Waals surface area contributed by atoms with Crippen LogP contribution in [0.5, 0.6) is 0 Å². The highest BCUT2D eigenvalue weighted by Crippen LogP contribution is 2.19. The highest BCUT2D eigenvalue weighted by molar-refractivity contribution is 5.78. The summed E-state index contributed by atoms with van der Waals surface area (Å²) in [6, 6.07) is 0.646. The van der Waals surface area contributed by atoms with Crippen molar-refractivity contribution >= 4 is 5.91 Å². The van der Waals surface area contributed by atoms with Crippen LogP contribution in [-0.2, 0) is 4.79 Å². The molecule has 0 saturated carbocycles. The summed E-state index contributed by atoms with van der Waals surface area (Å²) in [7, 11) is 0. The lowest BCUT2D eigenvalue weighted by atomic mass is 10.00. The summed E-state index contributed by atoms with van der Waals surface area (Å²) in [5.41, 5.74) is 0. The first-order valence-corrected chi connectivity index (χ1v) is 8.33. The van der Waals surface area contributed by atoms with Crippen molar-refractivity contribution in [3.63, 3.8) is 0 Å². The van der Waals surface area contributed by atoms with Crippen molar-refractivity contribution in [3.8, 4) is 0 Å². The Kier molecular flexibility index (Phi) is 6.15. The predicted molar refractivity (Wildman–Crippen MR) is 79.2 cm³/mol. The van der Waals surface area contributed by atoms with Gasteiger partial charge in [-0.05, 0) is 38.6 Å². The number of piperidine rings is 1. The Morgan fingerprint density at radius 3 is 2.26 bits per heavy atom. The van der Waals surface area contributed by atoms with Crippen LogP contribution in [-0.4, -0.2) is 47.9 Å². The highest BCUT2D eigenvalue weighted by atomic mass is 16.2. The van der Waals surface area contributed by atoms with Gasteiger partial charge in [-0.1, -0.05) is 32.6 Å². The van der Waals surface area contributed by atoms with E-state index in [1.54, 1.807) is 0 Å². The lowest BCUT2D eigenvalue weighted by Crippen LogP contribution is -2.47. The first-order valence-electron chi connectivity index (χ1n) is 8.33. The van der Waals surface area contributed by atoms with Crippen LogP contribution in [0.15, 0.2) is 0 Å². The van der Waals surface area contributed by atoms with Crippen molar-refractivity contribution in [2.45, 2.75) is 70.8 Å². The molecule has 0 aromatic carbocycles. The van der Waals surface area contributed by atoms with Crippen LogP contribution in [0.3, 0.4) is 0 Å². The number of carbonyl (C=O) groups is 1. The van der Waals surface area contributed by atoms with E-state index in [1.807, 2.05) is 0 Å². The van der Waals surface area contributed by atoms with Gasteiger partial charge in [0, 0.05) is 19.1 Å². The minimum Gasteiger partial charge on any atom is -0.342 e. The smallest absolute Gasteiger partial charge is 0.236 e. The van der Waals surface area contributed by atoms with Crippen molar-refractivity contribution in [2.24, 2.45) is 0 Å². The van der Waals surface area contributed by atoms with Crippen LogP contribution < -0.4 is 0 Å². The standard InChI is InChI=1S/C16H30N2O/c1-2-15-10-6-9-13-18(15)14-16(19)17-11-7-4-3-5-8-12-17/h15H,2-14H2,1H3. The van der Waals surface area contributed by atoms with E-state index in [0.29, 0.717) is 18.5 Å². The number of nitrogens with zero attached hydrogens (tertiary/aromatic N) is 2. The van der Waals surface area contributed by atoms with Crippen LogP contribution in [0, 0.1) is 0 Å². The molecule has 2 fully saturated rings. The van der Waals surface area contributed by atoms with Gasteiger partial charge in [0.1, 0.15) is 0 Å². The van der Waals surface area contributed by atoms with Crippen LogP contribution in [0.25, 0.3) is 0 Å². The zero-order chi connectivity index (χ0) is 13.5. The molecule has 1 unspecified atom stereocenters. The van der Waals surface area contributed by atoms with Crippen molar-refractivity contribution in [1.82, 2.24) is 9.80 Å². The maximum absolute atomic E-state index is 12.5. The van der Waals surface area contributed by atoms with Gasteiger partial charge in [-0.2, -0.15) is 0 Å². The van der Waals surface area contributed by atoms with Crippen LogP contribution in [0.4, 0.5) is 0 Å². The molecule has 2 aliphatic rings. The van der Waals surface area contributed by atoms with Crippen molar-refractivity contribution in [1.29, 1.82) is 0 Å². The summed E-state index contributed by atoms with van der Waals surface area (Å²) in [4.78, 5) is 17.0. The van der Waals surface area contributed by atoms with Gasteiger partial charge in [0.05, 0.1) is 6.54 Å². The third kappa shape index (κ3) is 4.48. The van der Waals surface area contributed by atoms with E-state index >= 15 is 0 Å². The van der Waals surface area contributed by atoms with Gasteiger partial charge in [0.2, 0.25) is 5.91 Å². The van der Waals surface area contributed by atoms with Gasteiger partial charge < -0.3 is 4.90 Å². The molecule has 2 heterocycles. The Labute approximate surface area is 118 Å². The minimum atomic E-state index is 0.377. The average molecular weight is 266 g/mol. The zero-order valence-electron chi connectivity index (χ0n) is 12.6. The first kappa shape index (κ1) is 14.8. The molecule has 0 aromatic heterocycles. The number of rotatable bonds is 3. The van der Waals surface area contributed by atoms with E-state index in [-0.39, 0.29) is 0 Å². The molecule has 19 heavy (non-hydrogen) atoms. The second-order valence-electron chi connectivity index (χ2n) is 6.18. The molecule has 0 aliphatic carbocycles. The summed E-state index contributed by atoms with van der Waals surface area (Å²) in [6.07, 6.45) is 11.4. The maximum Gasteiger partial charge on any atom is 0.236 e. The van der Waals surface area contributed by atoms with Gasteiger partial charge in [-0.25, -0.2) is 0 Å². The molecule has 3 nitrogen and oxygen atoms in total. The van der Waals surface area contributed by atoms with Crippen molar-refractivity contribution in [2.75, 3.05) is 26.2 Å². The molecular weight excluding hydrogens is 236 g/mol. The fourth-order valence-electron chi connectivity index (χ4n) is 3.50. The Morgan fingerprint density at radius 1 is 0.947 bits per heavy atom. The Balaban J connectivity index is 1.83. The Morgan fingerprint density at radius 2 is 1.58 bits per heavy atom. The zero-order valence-corrected chi connectivity index (χ0v) is 12.6. The monoisotopic (exact) mass is 266 g/mol. The van der Waals surface area contributed by atoms with Crippen molar-refractivity contribution in [3.05, 3.63) is 0 Å². The van der Waals surface area contributed by atoms with Gasteiger partial charge in [0.25, 0.3) is 0 Å². The van der Waals surface area contributed by atoms with Gasteiger partial charge in [-0.3, -0.25) is 9.69 Å². The maximum atomic E-state index is 12.5. The molecule has 0 bridgehead atoms. The third-order valence-electron chi connectivity index (χ3n) is 4.77. The molecular formula is C16H30N2O. The molecule has 0 N–H and O–H groups in total. The van der Waals surface area contributed by atoms with E-state index in [9.17, 15) is 4.79 Å². The van der Waals surface area contributed by atoms with Gasteiger partial charge >= 0.3 is 0 Å². The molecule has 2 saturated heterocycles. The molecule has 0 radical (unpaired) electrons. The van der Waals surface area contributed by atoms with Gasteiger partial charge in [-0.15, -0.1) is 0 Å². The van der Waals surface area contributed by atoms with E-state index in [0.717, 1.165) is 19.6 Å². The largest absolute Gasteiger partial charge is 0.342 e. The van der Waals surface area contributed by atoms with E-state index in [1.165, 1.54) is 57.8 Å². The fraction of sp³-hybridized carbons (Fsp3) is 0.938. The Bertz CT molecular complexity index is 272. The lowest BCUT2D eigenvalue weighted by Gasteiger charge is -2.36. The third-order valence-corrected chi connectivity index (χ3v) is 4.77. The lowest BCUT2D eigenvalue weighted by molar-refractivity contribution is -0.133. The number of likely N-dealkylation sites (tertiary alicyclic amines) is 2. The molecule has 1 atom stereocenters. The summed E-state index contributed by atoms with van der Waals surface area (Å²) in [5.74, 6) is 0.377. The normalized spacial score (nSPS) is 26.8. The number of carbonyl (C=O) groups excluding carboxylic acids is 1. The van der Waals surface area contributed by atoms with Crippen LogP contribution >= 0.6 is 0 Å². The van der Waals surface area contributed by atoms with E-state index in [2.05, 4.69) is 16.7 Å². The second kappa shape index (κ2) is 7.88. The Hall–Kier alpha value is -0.570. The van der Waals surface area contributed by atoms with E-state index < -0.39 is 0 Å². The fourth-order valence-corrected chi connectivity index (χ4v) is 3.50. The number of hydrogen-bond acceptors (Lipinski definition) is 2. The molecule has 0 spiro atoms. The molecule has 2 aliphatic heterocycles. The summed E-state index contributed by atoms with van der Waals surface area (Å²) in [6.45, 7) is 6.02. The van der Waals surface area contributed by atoms with Gasteiger partial charge in [0.15, 0.2) is 0 Å². The van der Waals surface area contributed by atoms with E-state index in [4.69, 9.17) is 0 Å². The second-order valence-corrected chi connectivity index (χ2v) is 6.18. The van der Waals surface area contributed by atoms with Crippen LogP contribution in [0.1, 0.15) is 64.7 Å². The molecule has 3 heteroatoms. The summed E-state index contributed by atoms with van der Waals surface area (Å²) < 4.78 is 0. The van der Waals surface area contributed by atoms with Crippen LogP contribution in [0.2, 0.25) is 0 Å². The number of hydrogen-bond donors (Lipinski definition) is 0. The number of amides is 1. The molecule has 2 rings (SSSR count). The topological polar surface area (TPSA) is 23.6 Å². The summed E-state index contributed by atoms with van der Waals surface area (Å²) in [5, 5.41) is 0. The minimum absolute atomic E-state index is 0.377. The predicted octanol–water partition coefficient (Wildman–Crippen LogP) is 3.04. The average Bonchev–Trinajstić information content (AvgIpc) is 2.38. The van der Waals surface area contributed by atoms with Crippen molar-refractivity contribution < 1.29 is 4.79 Å². The highest BCUT2D eigenvalue weighted by Gasteiger charge is 2.24. The summed E-state index contributed by atoms with van der Waals surface area (Å²) >= 11 is 0. The molecule has 1 amide bonds. The first-order chi connectivity index (χ1) is 9.31.